The van der Waals surface area contributed by atoms with Gasteiger partial charge in [-0.25, -0.2) is 4.39 Å². The molecule has 94 valence electrons. The minimum absolute atomic E-state index is 0.226. The van der Waals surface area contributed by atoms with Gasteiger partial charge in [-0.2, -0.15) is 0 Å². The van der Waals surface area contributed by atoms with Crippen molar-refractivity contribution in [1.29, 1.82) is 0 Å². The first-order chi connectivity index (χ1) is 8.22. The Kier molecular flexibility index (Phi) is 4.00. The quantitative estimate of drug-likeness (QED) is 0.874. The van der Waals surface area contributed by atoms with E-state index in [4.69, 9.17) is 4.74 Å². The van der Waals surface area contributed by atoms with E-state index in [2.05, 4.69) is 0 Å². The van der Waals surface area contributed by atoms with Crippen LogP contribution >= 0.6 is 0 Å². The normalized spacial score (nSPS) is 19.0. The molecule has 1 fully saturated rings. The molecule has 2 rings (SSSR count). The van der Waals surface area contributed by atoms with Gasteiger partial charge in [0.2, 0.25) is 0 Å². The smallest absolute Gasteiger partial charge is 0.165 e. The molecule has 1 aliphatic carbocycles. The second-order valence-electron chi connectivity index (χ2n) is 4.74. The van der Waals surface area contributed by atoms with Crippen LogP contribution in [0, 0.1) is 11.7 Å². The van der Waals surface area contributed by atoms with Crippen molar-refractivity contribution < 1.29 is 14.2 Å². The van der Waals surface area contributed by atoms with Gasteiger partial charge in [0.25, 0.3) is 0 Å². The molecule has 1 aliphatic rings. The molecule has 1 aromatic carbocycles. The number of benzene rings is 1. The number of ether oxygens (including phenoxy) is 1. The minimum Gasteiger partial charge on any atom is -0.494 e. The van der Waals surface area contributed by atoms with E-state index in [-0.39, 0.29) is 11.7 Å². The number of aliphatic hydroxyl groups is 1. The van der Waals surface area contributed by atoms with Crippen LogP contribution in [0.4, 0.5) is 4.39 Å². The SMILES string of the molecule is COc1ccc(C(O)C2CCCCC2)cc1F. The highest BCUT2D eigenvalue weighted by atomic mass is 19.1. The maximum absolute atomic E-state index is 13.5. The topological polar surface area (TPSA) is 29.5 Å². The number of hydrogen-bond acceptors (Lipinski definition) is 2. The summed E-state index contributed by atoms with van der Waals surface area (Å²) in [5.41, 5.74) is 0.662. The Labute approximate surface area is 101 Å². The maximum Gasteiger partial charge on any atom is 0.165 e. The van der Waals surface area contributed by atoms with Gasteiger partial charge >= 0.3 is 0 Å². The van der Waals surface area contributed by atoms with E-state index < -0.39 is 11.9 Å². The molecule has 1 N–H and O–H groups in total. The van der Waals surface area contributed by atoms with Gasteiger partial charge in [-0.1, -0.05) is 25.3 Å². The molecule has 0 bridgehead atoms. The lowest BCUT2D eigenvalue weighted by molar-refractivity contribution is 0.0845. The van der Waals surface area contributed by atoms with Crippen LogP contribution in [-0.2, 0) is 0 Å². The first kappa shape index (κ1) is 12.4. The highest BCUT2D eigenvalue weighted by molar-refractivity contribution is 5.30. The highest BCUT2D eigenvalue weighted by Gasteiger charge is 2.23. The van der Waals surface area contributed by atoms with E-state index in [9.17, 15) is 9.50 Å². The first-order valence-corrected chi connectivity index (χ1v) is 6.24. The van der Waals surface area contributed by atoms with Crippen LogP contribution in [0.15, 0.2) is 18.2 Å². The molecule has 1 aromatic rings. The Morgan fingerprint density at radius 3 is 2.59 bits per heavy atom. The molecule has 17 heavy (non-hydrogen) atoms. The van der Waals surface area contributed by atoms with Crippen LogP contribution in [0.1, 0.15) is 43.8 Å². The summed E-state index contributed by atoms with van der Waals surface area (Å²) in [7, 11) is 1.44. The summed E-state index contributed by atoms with van der Waals surface area (Å²) in [6.07, 6.45) is 5.11. The first-order valence-electron chi connectivity index (χ1n) is 6.24. The third-order valence-electron chi connectivity index (χ3n) is 3.61. The number of aliphatic hydroxyl groups excluding tert-OH is 1. The van der Waals surface area contributed by atoms with Gasteiger partial charge in [-0.15, -0.1) is 0 Å². The number of hydrogen-bond donors (Lipinski definition) is 1. The molecule has 0 heterocycles. The summed E-state index contributed by atoms with van der Waals surface area (Å²) < 4.78 is 18.4. The fourth-order valence-corrected chi connectivity index (χ4v) is 2.59. The zero-order valence-electron chi connectivity index (χ0n) is 10.2. The molecular formula is C14H19FO2. The van der Waals surface area contributed by atoms with Crippen molar-refractivity contribution in [1.82, 2.24) is 0 Å². The van der Waals surface area contributed by atoms with E-state index in [1.54, 1.807) is 12.1 Å². The molecule has 1 unspecified atom stereocenters. The third kappa shape index (κ3) is 2.78. The Morgan fingerprint density at radius 1 is 1.29 bits per heavy atom. The zero-order chi connectivity index (χ0) is 12.3. The van der Waals surface area contributed by atoms with Crippen LogP contribution in [0.3, 0.4) is 0 Å². The largest absolute Gasteiger partial charge is 0.494 e. The van der Waals surface area contributed by atoms with Crippen molar-refractivity contribution in [3.63, 3.8) is 0 Å². The van der Waals surface area contributed by atoms with Gasteiger partial charge in [0, 0.05) is 0 Å². The molecule has 0 radical (unpaired) electrons. The highest BCUT2D eigenvalue weighted by Crippen LogP contribution is 2.35. The average molecular weight is 238 g/mol. The summed E-state index contributed by atoms with van der Waals surface area (Å²) >= 11 is 0. The summed E-state index contributed by atoms with van der Waals surface area (Å²) in [6, 6.07) is 4.72. The third-order valence-corrected chi connectivity index (χ3v) is 3.61. The molecule has 0 aliphatic heterocycles. The molecule has 0 amide bonds. The lowest BCUT2D eigenvalue weighted by atomic mass is 9.83. The van der Waals surface area contributed by atoms with Crippen LogP contribution in [0.2, 0.25) is 0 Å². The average Bonchev–Trinajstić information content (AvgIpc) is 2.39. The van der Waals surface area contributed by atoms with E-state index in [0.717, 1.165) is 12.8 Å². The van der Waals surface area contributed by atoms with Crippen molar-refractivity contribution in [3.8, 4) is 5.75 Å². The Morgan fingerprint density at radius 2 is 2.00 bits per heavy atom. The zero-order valence-corrected chi connectivity index (χ0v) is 10.2. The van der Waals surface area contributed by atoms with Crippen LogP contribution in [0.25, 0.3) is 0 Å². The fraction of sp³-hybridized carbons (Fsp3) is 0.571. The van der Waals surface area contributed by atoms with Crippen molar-refractivity contribution in [2.75, 3.05) is 7.11 Å². The predicted octanol–water partition coefficient (Wildman–Crippen LogP) is 3.45. The van der Waals surface area contributed by atoms with Crippen LogP contribution < -0.4 is 4.74 Å². The van der Waals surface area contributed by atoms with E-state index in [1.807, 2.05) is 0 Å². The van der Waals surface area contributed by atoms with Gasteiger partial charge < -0.3 is 9.84 Å². The number of rotatable bonds is 3. The lowest BCUT2D eigenvalue weighted by Crippen LogP contribution is -2.16. The molecule has 1 atom stereocenters. The van der Waals surface area contributed by atoms with Crippen molar-refractivity contribution in [2.45, 2.75) is 38.2 Å². The number of methoxy groups -OCH3 is 1. The van der Waals surface area contributed by atoms with Crippen LogP contribution in [-0.4, -0.2) is 12.2 Å². The fourth-order valence-electron chi connectivity index (χ4n) is 2.59. The molecule has 0 saturated heterocycles. The van der Waals surface area contributed by atoms with Gasteiger partial charge in [0.15, 0.2) is 11.6 Å². The summed E-state index contributed by atoms with van der Waals surface area (Å²) in [6.45, 7) is 0. The Balaban J connectivity index is 2.12. The molecular weight excluding hydrogens is 219 g/mol. The van der Waals surface area contributed by atoms with E-state index in [1.165, 1.54) is 32.4 Å². The monoisotopic (exact) mass is 238 g/mol. The van der Waals surface area contributed by atoms with Gasteiger partial charge in [0.05, 0.1) is 13.2 Å². The van der Waals surface area contributed by atoms with Gasteiger partial charge in [0.1, 0.15) is 0 Å². The van der Waals surface area contributed by atoms with Gasteiger partial charge in [-0.3, -0.25) is 0 Å². The second-order valence-corrected chi connectivity index (χ2v) is 4.74. The van der Waals surface area contributed by atoms with Crippen molar-refractivity contribution in [3.05, 3.63) is 29.6 Å². The standard InChI is InChI=1S/C14H19FO2/c1-17-13-8-7-11(9-12(13)15)14(16)10-5-3-2-4-6-10/h7-10,14,16H,2-6H2,1H3. The maximum atomic E-state index is 13.5. The molecule has 0 spiro atoms. The van der Waals surface area contributed by atoms with Crippen LogP contribution in [0.5, 0.6) is 5.75 Å². The van der Waals surface area contributed by atoms with E-state index >= 15 is 0 Å². The summed E-state index contributed by atoms with van der Waals surface area (Å²) in [5, 5.41) is 10.2. The summed E-state index contributed by atoms with van der Waals surface area (Å²) in [5.74, 6) is 0.0981. The predicted molar refractivity (Wildman–Crippen MR) is 64.5 cm³/mol. The van der Waals surface area contributed by atoms with Crippen molar-refractivity contribution >= 4 is 0 Å². The van der Waals surface area contributed by atoms with Crippen molar-refractivity contribution in [2.24, 2.45) is 5.92 Å². The molecule has 1 saturated carbocycles. The Bertz CT molecular complexity index is 372. The second kappa shape index (κ2) is 5.50. The van der Waals surface area contributed by atoms with E-state index in [0.29, 0.717) is 5.56 Å². The Hall–Kier alpha value is -1.09. The lowest BCUT2D eigenvalue weighted by Gasteiger charge is -2.26. The molecule has 3 heteroatoms. The number of halogens is 1. The molecule has 2 nitrogen and oxygen atoms in total. The summed E-state index contributed by atoms with van der Waals surface area (Å²) in [4.78, 5) is 0. The minimum atomic E-state index is -0.546. The van der Waals surface area contributed by atoms with Gasteiger partial charge in [-0.05, 0) is 36.5 Å². The molecule has 0 aromatic heterocycles.